The van der Waals surface area contributed by atoms with Crippen LogP contribution in [0.5, 0.6) is 0 Å². The molecule has 0 unspecified atom stereocenters. The molecule has 134 valence electrons. The highest BCUT2D eigenvalue weighted by Crippen LogP contribution is 2.31. The number of pyridine rings is 1. The molecular formula is C19H19FN4O2. The van der Waals surface area contributed by atoms with E-state index < -0.39 is 0 Å². The highest BCUT2D eigenvalue weighted by molar-refractivity contribution is 5.55. The molecule has 1 aliphatic rings. The van der Waals surface area contributed by atoms with E-state index in [0.717, 1.165) is 36.5 Å². The third-order valence-electron chi connectivity index (χ3n) is 4.59. The molecule has 0 spiro atoms. The van der Waals surface area contributed by atoms with Gasteiger partial charge in [0.2, 0.25) is 0 Å². The van der Waals surface area contributed by atoms with Crippen LogP contribution in [0.2, 0.25) is 0 Å². The van der Waals surface area contributed by atoms with Gasteiger partial charge in [0.1, 0.15) is 18.2 Å². The third kappa shape index (κ3) is 3.30. The molecule has 0 bridgehead atoms. The number of halogens is 1. The van der Waals surface area contributed by atoms with Crippen LogP contribution in [-0.2, 0) is 11.3 Å². The molecule has 0 saturated carbocycles. The molecule has 1 atom stereocenters. The van der Waals surface area contributed by atoms with Crippen LogP contribution in [-0.4, -0.2) is 35.3 Å². The van der Waals surface area contributed by atoms with Gasteiger partial charge in [0.05, 0.1) is 5.56 Å². The summed E-state index contributed by atoms with van der Waals surface area (Å²) < 4.78 is 24.2. The number of hydrogen-bond donors (Lipinski definition) is 0. The number of rotatable bonds is 5. The molecule has 6 nitrogen and oxygen atoms in total. The van der Waals surface area contributed by atoms with Gasteiger partial charge in [-0.15, -0.1) is 0 Å². The lowest BCUT2D eigenvalue weighted by atomic mass is 9.98. The van der Waals surface area contributed by atoms with Crippen LogP contribution in [0.25, 0.3) is 11.5 Å². The number of nitrogens with zero attached hydrogens (tertiary/aromatic N) is 4. The fourth-order valence-corrected chi connectivity index (χ4v) is 3.29. The molecule has 4 rings (SSSR count). The van der Waals surface area contributed by atoms with E-state index in [2.05, 4.69) is 20.0 Å². The summed E-state index contributed by atoms with van der Waals surface area (Å²) >= 11 is 0. The molecule has 1 aliphatic heterocycles. The van der Waals surface area contributed by atoms with Gasteiger partial charge in [0.25, 0.3) is 5.89 Å². The molecule has 1 saturated heterocycles. The van der Waals surface area contributed by atoms with Crippen molar-refractivity contribution in [2.24, 2.45) is 0 Å². The zero-order valence-corrected chi connectivity index (χ0v) is 14.4. The van der Waals surface area contributed by atoms with E-state index in [1.54, 1.807) is 19.4 Å². The maximum atomic E-state index is 14.0. The Kier molecular flexibility index (Phi) is 4.62. The van der Waals surface area contributed by atoms with Crippen molar-refractivity contribution in [3.8, 4) is 11.5 Å². The standard InChI is InChI=1S/C19H19FN4O2/c1-25-12-17-22-19(26-23-17)13-6-7-18(21-10-13)24-9-8-14(11-24)15-4-2-3-5-16(15)20/h2-7,10,14H,8-9,11-12H2,1H3/t14-/m0/s1. The first-order valence-electron chi connectivity index (χ1n) is 8.52. The van der Waals surface area contributed by atoms with Gasteiger partial charge >= 0.3 is 0 Å². The summed E-state index contributed by atoms with van der Waals surface area (Å²) in [6.07, 6.45) is 2.63. The van der Waals surface area contributed by atoms with Gasteiger partial charge in [0.15, 0.2) is 5.82 Å². The van der Waals surface area contributed by atoms with E-state index in [1.807, 2.05) is 24.3 Å². The lowest BCUT2D eigenvalue weighted by Gasteiger charge is -2.18. The van der Waals surface area contributed by atoms with E-state index in [4.69, 9.17) is 9.26 Å². The van der Waals surface area contributed by atoms with Crippen LogP contribution < -0.4 is 4.90 Å². The minimum absolute atomic E-state index is 0.133. The van der Waals surface area contributed by atoms with Crippen LogP contribution in [0.1, 0.15) is 23.7 Å². The van der Waals surface area contributed by atoms with Crippen molar-refractivity contribution in [3.63, 3.8) is 0 Å². The first-order valence-corrected chi connectivity index (χ1v) is 8.52. The van der Waals surface area contributed by atoms with Crippen molar-refractivity contribution in [1.29, 1.82) is 0 Å². The van der Waals surface area contributed by atoms with Crippen molar-refractivity contribution < 1.29 is 13.7 Å². The predicted octanol–water partition coefficient (Wildman–Crippen LogP) is 3.41. The van der Waals surface area contributed by atoms with Gasteiger partial charge in [0, 0.05) is 32.3 Å². The zero-order chi connectivity index (χ0) is 17.9. The first kappa shape index (κ1) is 16.7. The fourth-order valence-electron chi connectivity index (χ4n) is 3.29. The van der Waals surface area contributed by atoms with Crippen LogP contribution in [0.3, 0.4) is 0 Å². The molecule has 0 aliphatic carbocycles. The summed E-state index contributed by atoms with van der Waals surface area (Å²) in [7, 11) is 1.58. The Morgan fingerprint density at radius 2 is 2.15 bits per heavy atom. The molecule has 7 heteroatoms. The van der Waals surface area contributed by atoms with Crippen molar-refractivity contribution in [3.05, 3.63) is 59.8 Å². The average molecular weight is 354 g/mol. The third-order valence-corrected chi connectivity index (χ3v) is 4.59. The molecule has 1 fully saturated rings. The predicted molar refractivity (Wildman–Crippen MR) is 94.2 cm³/mol. The van der Waals surface area contributed by atoms with Crippen LogP contribution in [0, 0.1) is 5.82 Å². The van der Waals surface area contributed by atoms with Gasteiger partial charge in [-0.2, -0.15) is 4.98 Å². The zero-order valence-electron chi connectivity index (χ0n) is 14.4. The monoisotopic (exact) mass is 354 g/mol. The minimum atomic E-state index is -0.133. The van der Waals surface area contributed by atoms with Crippen LogP contribution in [0.15, 0.2) is 47.1 Å². The van der Waals surface area contributed by atoms with Gasteiger partial charge < -0.3 is 14.2 Å². The average Bonchev–Trinajstić information content (AvgIpc) is 3.32. The Bertz CT molecular complexity index is 881. The Morgan fingerprint density at radius 3 is 2.92 bits per heavy atom. The maximum Gasteiger partial charge on any atom is 0.259 e. The van der Waals surface area contributed by atoms with Crippen molar-refractivity contribution >= 4 is 5.82 Å². The van der Waals surface area contributed by atoms with Gasteiger partial charge in [-0.3, -0.25) is 0 Å². The number of benzene rings is 1. The molecule has 0 N–H and O–H groups in total. The lowest BCUT2D eigenvalue weighted by molar-refractivity contribution is 0.174. The number of ether oxygens (including phenoxy) is 1. The van der Waals surface area contributed by atoms with E-state index in [0.29, 0.717) is 18.3 Å². The van der Waals surface area contributed by atoms with E-state index in [-0.39, 0.29) is 11.7 Å². The smallest absolute Gasteiger partial charge is 0.259 e. The van der Waals surface area contributed by atoms with Crippen molar-refractivity contribution in [1.82, 2.24) is 15.1 Å². The largest absolute Gasteiger partial charge is 0.377 e. The van der Waals surface area contributed by atoms with E-state index in [9.17, 15) is 4.39 Å². The summed E-state index contributed by atoms with van der Waals surface area (Å²) in [6, 6.07) is 10.8. The number of methoxy groups -OCH3 is 1. The molecule has 3 aromatic rings. The SMILES string of the molecule is COCc1noc(-c2ccc(N3CC[C@H](c4ccccc4F)C3)nc2)n1. The summed E-state index contributed by atoms with van der Waals surface area (Å²) in [5.41, 5.74) is 1.54. The topological polar surface area (TPSA) is 64.3 Å². The molecule has 1 aromatic carbocycles. The second-order valence-electron chi connectivity index (χ2n) is 6.31. The maximum absolute atomic E-state index is 14.0. The van der Waals surface area contributed by atoms with Gasteiger partial charge in [-0.1, -0.05) is 23.4 Å². The Balaban J connectivity index is 1.46. The summed E-state index contributed by atoms with van der Waals surface area (Å²) in [4.78, 5) is 10.9. The Morgan fingerprint density at radius 1 is 1.27 bits per heavy atom. The van der Waals surface area contributed by atoms with Crippen molar-refractivity contribution in [2.75, 3.05) is 25.1 Å². The molecule has 0 radical (unpaired) electrons. The molecule has 3 heterocycles. The highest BCUT2D eigenvalue weighted by Gasteiger charge is 2.26. The normalized spacial score (nSPS) is 17.0. The van der Waals surface area contributed by atoms with Gasteiger partial charge in [-0.05, 0) is 30.2 Å². The van der Waals surface area contributed by atoms with E-state index >= 15 is 0 Å². The Hall–Kier alpha value is -2.80. The van der Waals surface area contributed by atoms with Crippen LogP contribution >= 0.6 is 0 Å². The number of hydrogen-bond acceptors (Lipinski definition) is 6. The second-order valence-corrected chi connectivity index (χ2v) is 6.31. The lowest BCUT2D eigenvalue weighted by Crippen LogP contribution is -2.20. The van der Waals surface area contributed by atoms with Gasteiger partial charge in [-0.25, -0.2) is 9.37 Å². The summed E-state index contributed by atoms with van der Waals surface area (Å²) in [5, 5.41) is 3.85. The quantitative estimate of drug-likeness (QED) is 0.700. The Labute approximate surface area is 150 Å². The summed E-state index contributed by atoms with van der Waals surface area (Å²) in [5.74, 6) is 1.83. The highest BCUT2D eigenvalue weighted by atomic mass is 19.1. The molecule has 0 amide bonds. The van der Waals surface area contributed by atoms with Crippen molar-refractivity contribution in [2.45, 2.75) is 18.9 Å². The second kappa shape index (κ2) is 7.21. The fraction of sp³-hybridized carbons (Fsp3) is 0.316. The van der Waals surface area contributed by atoms with Crippen LogP contribution in [0.4, 0.5) is 10.2 Å². The molecule has 26 heavy (non-hydrogen) atoms. The summed E-state index contributed by atoms with van der Waals surface area (Å²) in [6.45, 7) is 1.91. The molecular weight excluding hydrogens is 335 g/mol. The number of aromatic nitrogens is 3. The minimum Gasteiger partial charge on any atom is -0.377 e. The van der Waals surface area contributed by atoms with E-state index in [1.165, 1.54) is 6.07 Å². The number of anilines is 1. The first-order chi connectivity index (χ1) is 12.7. The molecule has 2 aromatic heterocycles.